The molecule has 0 unspecified atom stereocenters. The zero-order valence-corrected chi connectivity index (χ0v) is 11.1. The summed E-state index contributed by atoms with van der Waals surface area (Å²) in [5, 5.41) is 2.93. The van der Waals surface area contributed by atoms with Crippen LogP contribution in [0.4, 0.5) is 0 Å². The summed E-state index contributed by atoms with van der Waals surface area (Å²) in [4.78, 5) is 11.7. The van der Waals surface area contributed by atoms with Crippen LogP contribution in [0.1, 0.15) is 26.3 Å². The lowest BCUT2D eigenvalue weighted by atomic mass is 9.95. The summed E-state index contributed by atoms with van der Waals surface area (Å²) in [7, 11) is 0. The number of benzene rings is 1. The van der Waals surface area contributed by atoms with Crippen LogP contribution in [0.3, 0.4) is 0 Å². The molecule has 0 aliphatic carbocycles. The molecule has 0 bridgehead atoms. The monoisotopic (exact) mass is 249 g/mol. The number of rotatable bonds is 3. The van der Waals surface area contributed by atoms with Crippen molar-refractivity contribution < 1.29 is 14.3 Å². The molecular formula is C14H19NO3. The first-order valence-corrected chi connectivity index (χ1v) is 6.13. The Morgan fingerprint density at radius 3 is 2.72 bits per heavy atom. The Morgan fingerprint density at radius 2 is 2.00 bits per heavy atom. The van der Waals surface area contributed by atoms with Gasteiger partial charge < -0.3 is 14.8 Å². The number of carbonyl (C=O) groups is 1. The van der Waals surface area contributed by atoms with E-state index in [2.05, 4.69) is 5.32 Å². The predicted octanol–water partition coefficient (Wildman–Crippen LogP) is 2.12. The van der Waals surface area contributed by atoms with Crippen LogP contribution in [-0.2, 0) is 11.2 Å². The smallest absolute Gasteiger partial charge is 0.231 e. The standard InChI is InChI=1S/C14H19NO3/c1-14(2,3)13(16)15-7-6-10-4-5-11-12(8-10)18-9-17-11/h4-5,8H,6-7,9H2,1-3H3,(H,15,16). The largest absolute Gasteiger partial charge is 0.454 e. The van der Waals surface area contributed by atoms with Gasteiger partial charge in [0, 0.05) is 12.0 Å². The van der Waals surface area contributed by atoms with E-state index in [1.807, 2.05) is 39.0 Å². The zero-order valence-electron chi connectivity index (χ0n) is 11.1. The molecule has 1 aliphatic rings. The first-order chi connectivity index (χ1) is 8.47. The van der Waals surface area contributed by atoms with Crippen LogP contribution in [0.15, 0.2) is 18.2 Å². The van der Waals surface area contributed by atoms with Crippen LogP contribution in [0.5, 0.6) is 11.5 Å². The van der Waals surface area contributed by atoms with E-state index < -0.39 is 0 Å². The molecule has 1 amide bonds. The van der Waals surface area contributed by atoms with Gasteiger partial charge in [-0.3, -0.25) is 4.79 Å². The van der Waals surface area contributed by atoms with Crippen molar-refractivity contribution in [1.29, 1.82) is 0 Å². The van der Waals surface area contributed by atoms with Crippen molar-refractivity contribution in [1.82, 2.24) is 5.32 Å². The molecule has 98 valence electrons. The number of nitrogens with one attached hydrogen (secondary N) is 1. The van der Waals surface area contributed by atoms with Gasteiger partial charge in [-0.2, -0.15) is 0 Å². The Hall–Kier alpha value is -1.71. The van der Waals surface area contributed by atoms with Gasteiger partial charge in [0.2, 0.25) is 12.7 Å². The van der Waals surface area contributed by atoms with Crippen LogP contribution in [0.2, 0.25) is 0 Å². The molecule has 0 atom stereocenters. The van der Waals surface area contributed by atoms with Gasteiger partial charge in [-0.05, 0) is 24.1 Å². The summed E-state index contributed by atoms with van der Waals surface area (Å²) in [6.07, 6.45) is 0.790. The van der Waals surface area contributed by atoms with Gasteiger partial charge in [-0.15, -0.1) is 0 Å². The molecule has 0 fully saturated rings. The Labute approximate surface area is 107 Å². The summed E-state index contributed by atoms with van der Waals surface area (Å²) >= 11 is 0. The van der Waals surface area contributed by atoms with E-state index in [0.29, 0.717) is 13.3 Å². The molecule has 18 heavy (non-hydrogen) atoms. The normalized spacial score (nSPS) is 13.5. The Morgan fingerprint density at radius 1 is 1.28 bits per heavy atom. The highest BCUT2D eigenvalue weighted by molar-refractivity contribution is 5.81. The molecule has 1 heterocycles. The van der Waals surface area contributed by atoms with Crippen LogP contribution in [0.25, 0.3) is 0 Å². The minimum absolute atomic E-state index is 0.0724. The molecule has 1 aromatic rings. The second kappa shape index (κ2) is 4.88. The molecular weight excluding hydrogens is 230 g/mol. The van der Waals surface area contributed by atoms with Crippen molar-refractivity contribution in [2.45, 2.75) is 27.2 Å². The zero-order chi connectivity index (χ0) is 13.2. The maximum absolute atomic E-state index is 11.7. The molecule has 4 nitrogen and oxygen atoms in total. The van der Waals surface area contributed by atoms with Crippen LogP contribution >= 0.6 is 0 Å². The number of hydrogen-bond acceptors (Lipinski definition) is 3. The Bertz CT molecular complexity index is 449. The fraction of sp³-hybridized carbons (Fsp3) is 0.500. The summed E-state index contributed by atoms with van der Waals surface area (Å²) in [5.41, 5.74) is 0.794. The van der Waals surface area contributed by atoms with Gasteiger partial charge in [0.25, 0.3) is 0 Å². The summed E-state index contributed by atoms with van der Waals surface area (Å²) in [6.45, 7) is 6.64. The van der Waals surface area contributed by atoms with Crippen molar-refractivity contribution in [2.24, 2.45) is 5.41 Å². The average molecular weight is 249 g/mol. The molecule has 0 spiro atoms. The van der Waals surface area contributed by atoms with E-state index >= 15 is 0 Å². The Kier molecular flexibility index (Phi) is 3.45. The maximum Gasteiger partial charge on any atom is 0.231 e. The van der Waals surface area contributed by atoms with E-state index in [-0.39, 0.29) is 11.3 Å². The average Bonchev–Trinajstić information content (AvgIpc) is 2.74. The molecule has 0 saturated carbocycles. The third kappa shape index (κ3) is 2.94. The van der Waals surface area contributed by atoms with Gasteiger partial charge in [0.05, 0.1) is 0 Å². The highest BCUT2D eigenvalue weighted by Gasteiger charge is 2.20. The van der Waals surface area contributed by atoms with Crippen LogP contribution in [0, 0.1) is 5.41 Å². The highest BCUT2D eigenvalue weighted by atomic mass is 16.7. The molecule has 1 N–H and O–H groups in total. The fourth-order valence-electron chi connectivity index (χ4n) is 1.68. The third-order valence-electron chi connectivity index (χ3n) is 2.82. The first-order valence-electron chi connectivity index (χ1n) is 6.13. The van der Waals surface area contributed by atoms with E-state index in [0.717, 1.165) is 23.5 Å². The lowest BCUT2D eigenvalue weighted by Crippen LogP contribution is -2.35. The first kappa shape index (κ1) is 12.7. The van der Waals surface area contributed by atoms with Gasteiger partial charge >= 0.3 is 0 Å². The number of fused-ring (bicyclic) bond motifs is 1. The molecule has 4 heteroatoms. The third-order valence-corrected chi connectivity index (χ3v) is 2.82. The van der Waals surface area contributed by atoms with Gasteiger partial charge in [0.1, 0.15) is 0 Å². The number of ether oxygens (including phenoxy) is 2. The van der Waals surface area contributed by atoms with E-state index in [4.69, 9.17) is 9.47 Å². The summed E-state index contributed by atoms with van der Waals surface area (Å²) < 4.78 is 10.6. The van der Waals surface area contributed by atoms with Crippen LogP contribution < -0.4 is 14.8 Å². The van der Waals surface area contributed by atoms with E-state index in [1.54, 1.807) is 0 Å². The topological polar surface area (TPSA) is 47.6 Å². The minimum Gasteiger partial charge on any atom is -0.454 e. The highest BCUT2D eigenvalue weighted by Crippen LogP contribution is 2.32. The number of amides is 1. The fourth-order valence-corrected chi connectivity index (χ4v) is 1.68. The number of hydrogen-bond donors (Lipinski definition) is 1. The van der Waals surface area contributed by atoms with Crippen molar-refractivity contribution in [3.63, 3.8) is 0 Å². The number of carbonyl (C=O) groups excluding carboxylic acids is 1. The molecule has 0 saturated heterocycles. The van der Waals surface area contributed by atoms with Crippen molar-refractivity contribution in [2.75, 3.05) is 13.3 Å². The molecule has 1 aromatic carbocycles. The van der Waals surface area contributed by atoms with Crippen LogP contribution in [-0.4, -0.2) is 19.2 Å². The van der Waals surface area contributed by atoms with Crippen molar-refractivity contribution in [3.8, 4) is 11.5 Å². The van der Waals surface area contributed by atoms with Gasteiger partial charge in [0.15, 0.2) is 11.5 Å². The van der Waals surface area contributed by atoms with Crippen molar-refractivity contribution >= 4 is 5.91 Å². The lowest BCUT2D eigenvalue weighted by molar-refractivity contribution is -0.128. The maximum atomic E-state index is 11.7. The van der Waals surface area contributed by atoms with Gasteiger partial charge in [-0.1, -0.05) is 26.8 Å². The molecule has 0 radical (unpaired) electrons. The predicted molar refractivity (Wildman–Crippen MR) is 68.7 cm³/mol. The van der Waals surface area contributed by atoms with E-state index in [9.17, 15) is 4.79 Å². The molecule has 1 aliphatic heterocycles. The lowest BCUT2D eigenvalue weighted by Gasteiger charge is -2.17. The quantitative estimate of drug-likeness (QED) is 0.892. The Balaban J connectivity index is 1.86. The van der Waals surface area contributed by atoms with Gasteiger partial charge in [-0.25, -0.2) is 0 Å². The molecule has 0 aromatic heterocycles. The summed E-state index contributed by atoms with van der Waals surface area (Å²) in [5.74, 6) is 1.65. The van der Waals surface area contributed by atoms with Crippen molar-refractivity contribution in [3.05, 3.63) is 23.8 Å². The van der Waals surface area contributed by atoms with E-state index in [1.165, 1.54) is 0 Å². The second-order valence-electron chi connectivity index (χ2n) is 5.44. The molecule has 2 rings (SSSR count). The summed E-state index contributed by atoms with van der Waals surface area (Å²) in [6, 6.07) is 5.87. The second-order valence-corrected chi connectivity index (χ2v) is 5.44. The SMILES string of the molecule is CC(C)(C)C(=O)NCCc1ccc2c(c1)OCO2. The minimum atomic E-state index is -0.338.